The van der Waals surface area contributed by atoms with E-state index in [4.69, 9.17) is 4.98 Å². The van der Waals surface area contributed by atoms with Gasteiger partial charge in [0, 0.05) is 0 Å². The van der Waals surface area contributed by atoms with E-state index in [2.05, 4.69) is 96.3 Å². The van der Waals surface area contributed by atoms with Crippen LogP contribution in [-0.4, -0.2) is 21.5 Å². The molecule has 10 aliphatic rings. The topological polar surface area (TPSA) is 12.9 Å². The van der Waals surface area contributed by atoms with Gasteiger partial charge in [0.15, 0.2) is 0 Å². The quantitative estimate of drug-likeness (QED) is 0.261. The molecule has 0 N–H and O–H groups in total. The fourth-order valence-electron chi connectivity index (χ4n) is 21.8. The molecule has 1 aromatic heterocycles. The number of rotatable bonds is 6. The van der Waals surface area contributed by atoms with Crippen LogP contribution < -0.4 is 5.30 Å². The molecule has 0 aliphatic carbocycles. The van der Waals surface area contributed by atoms with Gasteiger partial charge in [0.2, 0.25) is 0 Å². The van der Waals surface area contributed by atoms with Crippen molar-refractivity contribution in [3.63, 3.8) is 0 Å². The number of pyridine rings is 1. The zero-order chi connectivity index (χ0) is 23.7. The summed E-state index contributed by atoms with van der Waals surface area (Å²) in [7, 11) is 0.909. The molecular weight excluding hydrogens is 504 g/mol. The Morgan fingerprint density at radius 3 is 1.91 bits per heavy atom. The first-order valence-corrected chi connectivity index (χ1v) is 22.9. The van der Waals surface area contributed by atoms with Gasteiger partial charge >= 0.3 is 205 Å². The van der Waals surface area contributed by atoms with Gasteiger partial charge in [-0.15, -0.1) is 0 Å². The first kappa shape index (κ1) is 18.9. The zero-order valence-corrected chi connectivity index (χ0v) is 24.8. The Balaban J connectivity index is 1.14. The van der Waals surface area contributed by atoms with Crippen molar-refractivity contribution >= 4 is 21.8 Å². The van der Waals surface area contributed by atoms with Crippen LogP contribution in [0, 0.1) is 0 Å². The van der Waals surface area contributed by atoms with Crippen LogP contribution >= 0.6 is 16.5 Å². The van der Waals surface area contributed by atoms with E-state index < -0.39 is 6.51 Å². The summed E-state index contributed by atoms with van der Waals surface area (Å²) in [6.07, 6.45) is 3.78. The van der Waals surface area contributed by atoms with E-state index in [0.29, 0.717) is 10.3 Å². The van der Waals surface area contributed by atoms with E-state index in [-0.39, 0.29) is 7.92 Å². The predicted molar refractivity (Wildman–Crippen MR) is 148 cm³/mol. The van der Waals surface area contributed by atoms with Crippen molar-refractivity contribution in [2.45, 2.75) is 105 Å². The summed E-state index contributed by atoms with van der Waals surface area (Å²) in [5.74, 6) is 0. The molecular formula is C31H39FeNP2. The van der Waals surface area contributed by atoms with Crippen molar-refractivity contribution in [1.29, 1.82) is 0 Å². The summed E-state index contributed by atoms with van der Waals surface area (Å²) in [6.45, 7) is 12.0. The third-order valence-corrected chi connectivity index (χ3v) is 69.8. The molecule has 0 radical (unpaired) electrons. The molecule has 7 atom stereocenters. The predicted octanol–water partition coefficient (Wildman–Crippen LogP) is 9.34. The van der Waals surface area contributed by atoms with Gasteiger partial charge in [-0.3, -0.25) is 0 Å². The SMILES string of the molecule is CC(C)(C)P(C[C]12[CH]3[CH]4[CH]5[C]1(C(Pc1ccccc1)c1ccccn1)[Fe]43521678[CH]2[CH]1[CH]6[CH]7[CH]28)C(C)(C)C. The number of hydrogen-bond donors (Lipinski definition) is 0. The average Bonchev–Trinajstić information content (AvgIpc) is 3.75. The third kappa shape index (κ3) is 0.454. The maximum atomic E-state index is 5.21. The Morgan fingerprint density at radius 1 is 0.829 bits per heavy atom. The van der Waals surface area contributed by atoms with Gasteiger partial charge in [-0.05, 0) is 0 Å². The molecule has 0 amide bonds. The molecule has 0 saturated carbocycles. The minimum atomic E-state index is -3.60. The zero-order valence-electron chi connectivity index (χ0n) is 21.8. The van der Waals surface area contributed by atoms with Gasteiger partial charge < -0.3 is 0 Å². The fraction of sp³-hybridized carbons (Fsp3) is 0.645. The molecule has 7 unspecified atom stereocenters. The summed E-state index contributed by atoms with van der Waals surface area (Å²) in [5, 5.41) is 2.51. The van der Waals surface area contributed by atoms with E-state index in [1.165, 1.54) is 44.2 Å². The van der Waals surface area contributed by atoms with Gasteiger partial charge in [-0.1, -0.05) is 0 Å². The van der Waals surface area contributed by atoms with Crippen molar-refractivity contribution in [2.24, 2.45) is 0 Å². The maximum absolute atomic E-state index is 5.21. The molecule has 0 bridgehead atoms. The van der Waals surface area contributed by atoms with Gasteiger partial charge in [0.05, 0.1) is 0 Å². The molecule has 10 aliphatic heterocycles. The van der Waals surface area contributed by atoms with Crippen LogP contribution in [0.3, 0.4) is 0 Å². The van der Waals surface area contributed by atoms with Crippen molar-refractivity contribution in [3.8, 4) is 0 Å². The molecule has 186 valence electrons. The summed E-state index contributed by atoms with van der Waals surface area (Å²) >= 11 is 0. The van der Waals surface area contributed by atoms with Crippen LogP contribution in [0.2, 0.25) is 47.2 Å². The molecule has 10 saturated heterocycles. The van der Waals surface area contributed by atoms with E-state index >= 15 is 0 Å². The van der Waals surface area contributed by atoms with Crippen molar-refractivity contribution < 1.29 is 6.51 Å². The Labute approximate surface area is 203 Å². The van der Waals surface area contributed by atoms with E-state index in [0.717, 1.165) is 22.9 Å². The number of hydrogen-bond acceptors (Lipinski definition) is 1. The number of fused-ring (bicyclic) bond motifs is 10. The first-order chi connectivity index (χ1) is 16.3. The standard InChI is InChI=1S/C26H34NP2.C5H5.Fe/c1-25(2,3)29(26(4,5)6)19-20-13-12-16-22(20)24(23-17-10-11-18-27-23)28-21-14-8-7-9-15-21;1-2-4-5-3-1;/h7-18,24,28H,19H2,1-6H3;1-5H;. The van der Waals surface area contributed by atoms with Crippen LogP contribution in [0.25, 0.3) is 0 Å². The summed E-state index contributed by atoms with van der Waals surface area (Å²) < 4.78 is 1.67. The molecule has 12 rings (SSSR count). The van der Waals surface area contributed by atoms with Crippen molar-refractivity contribution in [3.05, 3.63) is 60.4 Å². The molecule has 2 aromatic rings. The monoisotopic (exact) mass is 543 g/mol. The summed E-state index contributed by atoms with van der Waals surface area (Å²) in [6, 6.07) is 18.5. The van der Waals surface area contributed by atoms with Gasteiger partial charge in [0.25, 0.3) is 0 Å². The van der Waals surface area contributed by atoms with Gasteiger partial charge in [-0.2, -0.15) is 0 Å². The first-order valence-electron chi connectivity index (χ1n) is 14.1. The van der Waals surface area contributed by atoms with E-state index in [1.54, 1.807) is 11.5 Å². The molecule has 4 heteroatoms. The van der Waals surface area contributed by atoms with Crippen LogP contribution in [0.15, 0.2) is 54.7 Å². The summed E-state index contributed by atoms with van der Waals surface area (Å²) in [5.41, 5.74) is 2.24. The van der Waals surface area contributed by atoms with Crippen LogP contribution in [0.1, 0.15) is 52.9 Å². The second-order valence-corrected chi connectivity index (χ2v) is 46.7. The average molecular weight is 543 g/mol. The molecule has 1 spiro atoms. The molecule has 11 heterocycles. The van der Waals surface area contributed by atoms with Gasteiger partial charge in [0.1, 0.15) is 0 Å². The minimum absolute atomic E-state index is 0.0159. The molecule has 35 heavy (non-hydrogen) atoms. The second kappa shape index (κ2) is 2.66. The third-order valence-electron chi connectivity index (χ3n) is 19.8. The van der Waals surface area contributed by atoms with Crippen molar-refractivity contribution in [2.75, 3.05) is 6.16 Å². The summed E-state index contributed by atoms with van der Waals surface area (Å²) in [4.78, 5) is 15.9. The van der Waals surface area contributed by atoms with Gasteiger partial charge in [-0.25, -0.2) is 0 Å². The van der Waals surface area contributed by atoms with Crippen molar-refractivity contribution in [1.82, 2.24) is 4.98 Å². The van der Waals surface area contributed by atoms with Crippen LogP contribution in [-0.2, 0) is 6.51 Å². The Bertz CT molecular complexity index is 1740. The fourth-order valence-corrected chi connectivity index (χ4v) is 110. The Hall–Kier alpha value is -0.251. The van der Waals surface area contributed by atoms with E-state index in [1.807, 2.05) is 0 Å². The number of nitrogens with zero attached hydrogens (tertiary/aromatic N) is 1. The number of aromatic nitrogens is 1. The van der Waals surface area contributed by atoms with Crippen LogP contribution in [0.4, 0.5) is 0 Å². The Kier molecular flexibility index (Phi) is 1.43. The normalized spacial score (nSPS) is 68.4. The Morgan fingerprint density at radius 2 is 1.43 bits per heavy atom. The molecule has 10 fully saturated rings. The van der Waals surface area contributed by atoms with E-state index in [9.17, 15) is 0 Å². The van der Waals surface area contributed by atoms with Crippen LogP contribution in [0.5, 0.6) is 0 Å². The molecule has 1 aromatic carbocycles. The number of benzene rings is 1. The second-order valence-electron chi connectivity index (χ2n) is 18.1. The molecule has 1 nitrogen and oxygen atoms in total.